The second-order valence-corrected chi connectivity index (χ2v) is 12.1. The van der Waals surface area contributed by atoms with Crippen LogP contribution in [0.3, 0.4) is 0 Å². The van der Waals surface area contributed by atoms with E-state index in [4.69, 9.17) is 10.1 Å². The van der Waals surface area contributed by atoms with Gasteiger partial charge in [-0.3, -0.25) is 9.11 Å². The van der Waals surface area contributed by atoms with Crippen LogP contribution in [0.4, 0.5) is 17.3 Å². The highest BCUT2D eigenvalue weighted by molar-refractivity contribution is 7.99. The summed E-state index contributed by atoms with van der Waals surface area (Å²) in [6.45, 7) is 6.43. The van der Waals surface area contributed by atoms with Crippen LogP contribution >= 0.6 is 0 Å². The molecule has 0 bridgehead atoms. The highest BCUT2D eigenvalue weighted by Gasteiger charge is 2.41. The Bertz CT molecular complexity index is 1320. The maximum Gasteiger partial charge on any atom is 0.203 e. The molecule has 0 saturated heterocycles. The van der Waals surface area contributed by atoms with Crippen LogP contribution in [0.5, 0.6) is 0 Å². The third kappa shape index (κ3) is 4.11. The standard InChI is InChI=1S/C25H30N6OS/c1-25(2)17-30-23-21(16-29(3)24(30)27-25)22(26-19-9-7-6-8-10-19)31(28-23)15-18-11-13-20(14-12-18)33(4,5)32/h6-14,26H,4,15-17H2,1-3,5H3. The first-order chi connectivity index (χ1) is 15.6. The van der Waals surface area contributed by atoms with Crippen molar-refractivity contribution in [2.24, 2.45) is 4.99 Å². The topological polar surface area (TPSA) is 65.8 Å². The summed E-state index contributed by atoms with van der Waals surface area (Å²) in [6, 6.07) is 18.0. The van der Waals surface area contributed by atoms with Crippen LogP contribution in [0.2, 0.25) is 0 Å². The smallest absolute Gasteiger partial charge is 0.203 e. The molecule has 5 rings (SSSR count). The Morgan fingerprint density at radius 3 is 2.48 bits per heavy atom. The van der Waals surface area contributed by atoms with Crippen molar-refractivity contribution in [2.75, 3.05) is 30.1 Å². The molecule has 1 atom stereocenters. The highest BCUT2D eigenvalue weighted by Crippen LogP contribution is 2.38. The van der Waals surface area contributed by atoms with E-state index in [2.05, 4.69) is 54.0 Å². The Balaban J connectivity index is 1.56. The first kappa shape index (κ1) is 21.6. The van der Waals surface area contributed by atoms with E-state index in [-0.39, 0.29) is 5.54 Å². The second-order valence-electron chi connectivity index (χ2n) is 9.61. The Morgan fingerprint density at radius 2 is 1.82 bits per heavy atom. The molecule has 2 aliphatic heterocycles. The number of aliphatic imine (C=N–C) groups is 1. The lowest BCUT2D eigenvalue weighted by atomic mass is 10.1. The van der Waals surface area contributed by atoms with Crippen LogP contribution < -0.4 is 10.2 Å². The molecular weight excluding hydrogens is 432 g/mol. The van der Waals surface area contributed by atoms with Crippen LogP contribution in [0.1, 0.15) is 25.0 Å². The maximum absolute atomic E-state index is 12.3. The number of hydrogen-bond donors (Lipinski definition) is 1. The van der Waals surface area contributed by atoms with Crippen LogP contribution in [-0.2, 0) is 22.6 Å². The molecule has 0 spiro atoms. The predicted molar refractivity (Wildman–Crippen MR) is 137 cm³/mol. The Labute approximate surface area is 195 Å². The average Bonchev–Trinajstić information content (AvgIpc) is 3.26. The fourth-order valence-corrected chi connectivity index (χ4v) is 5.12. The number of aromatic nitrogens is 2. The Hall–Kier alpha value is -3.26. The number of anilines is 3. The third-order valence-electron chi connectivity index (χ3n) is 6.00. The minimum Gasteiger partial charge on any atom is -0.341 e. The molecule has 3 aromatic rings. The van der Waals surface area contributed by atoms with Gasteiger partial charge in [-0.15, -0.1) is 0 Å². The van der Waals surface area contributed by atoms with Gasteiger partial charge in [0.25, 0.3) is 0 Å². The van der Waals surface area contributed by atoms with E-state index in [1.807, 2.05) is 47.1 Å². The summed E-state index contributed by atoms with van der Waals surface area (Å²) in [7, 11) is -0.148. The largest absolute Gasteiger partial charge is 0.341 e. The molecule has 0 saturated carbocycles. The van der Waals surface area contributed by atoms with Crippen molar-refractivity contribution in [3.8, 4) is 0 Å². The lowest BCUT2D eigenvalue weighted by molar-refractivity contribution is 0.483. The minimum absolute atomic E-state index is 0.153. The first-order valence-corrected chi connectivity index (χ1v) is 13.2. The number of para-hydroxylation sites is 1. The number of benzene rings is 2. The zero-order valence-corrected chi connectivity index (χ0v) is 20.4. The molecular formula is C25H30N6OS. The first-order valence-electron chi connectivity index (χ1n) is 11.0. The molecule has 172 valence electrons. The van der Waals surface area contributed by atoms with E-state index < -0.39 is 9.52 Å². The van der Waals surface area contributed by atoms with E-state index in [0.29, 0.717) is 6.54 Å². The lowest BCUT2D eigenvalue weighted by Crippen LogP contribution is -2.44. The van der Waals surface area contributed by atoms with Crippen LogP contribution in [-0.4, -0.2) is 56.1 Å². The number of guanidine groups is 1. The van der Waals surface area contributed by atoms with Gasteiger partial charge >= 0.3 is 0 Å². The molecule has 1 aromatic heterocycles. The average molecular weight is 463 g/mol. The van der Waals surface area contributed by atoms with E-state index in [1.54, 1.807) is 6.26 Å². The Kier molecular flexibility index (Phi) is 5.01. The van der Waals surface area contributed by atoms with Gasteiger partial charge in [0.15, 0.2) is 5.82 Å². The van der Waals surface area contributed by atoms with Crippen LogP contribution in [0.25, 0.3) is 0 Å². The van der Waals surface area contributed by atoms with Crippen molar-refractivity contribution in [3.63, 3.8) is 0 Å². The van der Waals surface area contributed by atoms with Crippen LogP contribution in [0, 0.1) is 0 Å². The fourth-order valence-electron chi connectivity index (χ4n) is 4.41. The van der Waals surface area contributed by atoms with Gasteiger partial charge < -0.3 is 10.2 Å². The van der Waals surface area contributed by atoms with Gasteiger partial charge in [0.2, 0.25) is 5.96 Å². The molecule has 0 fully saturated rings. The summed E-state index contributed by atoms with van der Waals surface area (Å²) in [6.07, 6.45) is 1.67. The van der Waals surface area contributed by atoms with Crippen molar-refractivity contribution in [1.29, 1.82) is 0 Å². The highest BCUT2D eigenvalue weighted by atomic mass is 32.2. The molecule has 0 aliphatic carbocycles. The van der Waals surface area contributed by atoms with Gasteiger partial charge in [0.05, 0.1) is 30.7 Å². The monoisotopic (exact) mass is 462 g/mol. The fraction of sp³-hybridized carbons (Fsp3) is 0.320. The van der Waals surface area contributed by atoms with Gasteiger partial charge in [-0.1, -0.05) is 30.3 Å². The van der Waals surface area contributed by atoms with Gasteiger partial charge in [-0.05, 0) is 59.1 Å². The molecule has 2 aromatic carbocycles. The van der Waals surface area contributed by atoms with Crippen molar-refractivity contribution >= 4 is 38.7 Å². The summed E-state index contributed by atoms with van der Waals surface area (Å²) in [4.78, 5) is 10.1. The summed E-state index contributed by atoms with van der Waals surface area (Å²) in [5.74, 6) is 6.70. The summed E-state index contributed by atoms with van der Waals surface area (Å²) < 4.78 is 14.3. The molecule has 8 heteroatoms. The minimum atomic E-state index is -2.23. The normalized spacial score (nSPS) is 18.4. The number of nitrogens with zero attached hydrogens (tertiary/aromatic N) is 5. The molecule has 2 aliphatic rings. The lowest BCUT2D eigenvalue weighted by Gasteiger charge is -2.32. The summed E-state index contributed by atoms with van der Waals surface area (Å²) in [5.41, 5.74) is 3.11. The molecule has 1 unspecified atom stereocenters. The van der Waals surface area contributed by atoms with Crippen molar-refractivity contribution in [3.05, 3.63) is 65.7 Å². The zero-order chi connectivity index (χ0) is 23.4. The molecule has 7 nitrogen and oxygen atoms in total. The zero-order valence-electron chi connectivity index (χ0n) is 19.6. The van der Waals surface area contributed by atoms with Gasteiger partial charge in [-0.25, -0.2) is 9.67 Å². The number of fused-ring (bicyclic) bond motifs is 3. The third-order valence-corrected chi connectivity index (χ3v) is 7.27. The van der Waals surface area contributed by atoms with Gasteiger partial charge in [0, 0.05) is 23.9 Å². The SMILES string of the molecule is C=S(C)(=O)c1ccc(Cn2nc3c(c2Nc2ccccc2)CN(C)C2=NC(C)(C)CN23)cc1. The number of hydrogen-bond acceptors (Lipinski definition) is 6. The second kappa shape index (κ2) is 7.66. The maximum atomic E-state index is 12.3. The van der Waals surface area contributed by atoms with E-state index >= 15 is 0 Å². The number of nitrogens with one attached hydrogen (secondary N) is 1. The summed E-state index contributed by atoms with van der Waals surface area (Å²) >= 11 is 0. The molecule has 3 heterocycles. The quantitative estimate of drug-likeness (QED) is 0.585. The van der Waals surface area contributed by atoms with E-state index in [9.17, 15) is 4.21 Å². The van der Waals surface area contributed by atoms with Crippen molar-refractivity contribution in [2.45, 2.75) is 37.4 Å². The summed E-state index contributed by atoms with van der Waals surface area (Å²) in [5, 5.41) is 8.67. The molecule has 0 radical (unpaired) electrons. The Morgan fingerprint density at radius 1 is 1.12 bits per heavy atom. The number of rotatable bonds is 5. The predicted octanol–water partition coefficient (Wildman–Crippen LogP) is 3.78. The van der Waals surface area contributed by atoms with E-state index in [1.165, 1.54) is 0 Å². The molecule has 0 amide bonds. The molecule has 33 heavy (non-hydrogen) atoms. The molecule has 1 N–H and O–H groups in total. The van der Waals surface area contributed by atoms with Gasteiger partial charge in [0.1, 0.15) is 5.82 Å². The van der Waals surface area contributed by atoms with E-state index in [0.717, 1.165) is 52.4 Å². The van der Waals surface area contributed by atoms with Gasteiger partial charge in [-0.2, -0.15) is 5.10 Å². The van der Waals surface area contributed by atoms with Crippen LogP contribution in [0.15, 0.2) is 64.5 Å². The van der Waals surface area contributed by atoms with Crippen molar-refractivity contribution < 1.29 is 4.21 Å². The van der Waals surface area contributed by atoms with Crippen molar-refractivity contribution in [1.82, 2.24) is 14.7 Å².